The number of thiazole rings is 1. The van der Waals surface area contributed by atoms with Gasteiger partial charge in [-0.3, -0.25) is 4.99 Å². The summed E-state index contributed by atoms with van der Waals surface area (Å²) in [6.07, 6.45) is 5.08. The van der Waals surface area contributed by atoms with Crippen LogP contribution < -0.4 is 10.6 Å². The average Bonchev–Trinajstić information content (AvgIpc) is 2.97. The Morgan fingerprint density at radius 3 is 2.86 bits per heavy atom. The topological polar surface area (TPSA) is 49.3 Å². The van der Waals surface area contributed by atoms with E-state index in [1.807, 2.05) is 35.1 Å². The number of hydrogen-bond donors (Lipinski definition) is 2. The highest BCUT2D eigenvalue weighted by Crippen LogP contribution is 2.21. The van der Waals surface area contributed by atoms with Crippen LogP contribution in [0.5, 0.6) is 0 Å². The van der Waals surface area contributed by atoms with Crippen LogP contribution in [-0.2, 0) is 0 Å². The van der Waals surface area contributed by atoms with Gasteiger partial charge < -0.3 is 10.6 Å². The van der Waals surface area contributed by atoms with Gasteiger partial charge in [0.2, 0.25) is 0 Å². The predicted octanol–water partition coefficient (Wildman–Crippen LogP) is 3.32. The molecular weight excluding hydrogens is 320 g/mol. The number of nitrogens with zero attached hydrogens (tertiary/aromatic N) is 2. The van der Waals surface area contributed by atoms with Crippen LogP contribution in [0.1, 0.15) is 27.2 Å². The van der Waals surface area contributed by atoms with Gasteiger partial charge in [-0.2, -0.15) is 11.8 Å². The number of thioether (sulfide) groups is 2. The minimum Gasteiger partial charge on any atom is -0.357 e. The number of nitrogens with one attached hydrogen (secondary N) is 2. The zero-order valence-electron chi connectivity index (χ0n) is 13.3. The van der Waals surface area contributed by atoms with E-state index in [4.69, 9.17) is 0 Å². The summed E-state index contributed by atoms with van der Waals surface area (Å²) in [5.74, 6) is 2.00. The highest BCUT2D eigenvalue weighted by Gasteiger charge is 2.15. The molecule has 0 spiro atoms. The van der Waals surface area contributed by atoms with Gasteiger partial charge in [0.1, 0.15) is 4.34 Å². The summed E-state index contributed by atoms with van der Waals surface area (Å²) in [5, 5.41) is 8.71. The van der Waals surface area contributed by atoms with Crippen molar-refractivity contribution in [2.45, 2.75) is 36.3 Å². The molecule has 4 nitrogen and oxygen atoms in total. The second-order valence-corrected chi connectivity index (χ2v) is 8.84. The molecule has 0 aliphatic heterocycles. The molecule has 0 aliphatic rings. The molecular formula is C14H26N4S3. The fourth-order valence-corrected chi connectivity index (χ4v) is 3.24. The Kier molecular flexibility index (Phi) is 9.19. The van der Waals surface area contributed by atoms with Gasteiger partial charge >= 0.3 is 0 Å². The zero-order valence-corrected chi connectivity index (χ0v) is 15.8. The first kappa shape index (κ1) is 18.6. The molecule has 0 saturated carbocycles. The molecule has 1 heterocycles. The molecule has 0 amide bonds. The molecule has 0 aromatic carbocycles. The first-order valence-corrected chi connectivity index (χ1v) is 10.3. The summed E-state index contributed by atoms with van der Waals surface area (Å²) >= 11 is 5.36. The zero-order chi connectivity index (χ0) is 15.6. The average molecular weight is 347 g/mol. The maximum absolute atomic E-state index is 4.66. The SMILES string of the molecule is CCNC(=NCC(C)(C)SC)NCCCSc1nccs1. The molecule has 1 aromatic rings. The Labute approximate surface area is 141 Å². The molecule has 7 heteroatoms. The fourth-order valence-electron chi connectivity index (χ4n) is 1.40. The number of guanidine groups is 1. The highest BCUT2D eigenvalue weighted by molar-refractivity contribution is 8.01. The Bertz CT molecular complexity index is 404. The molecule has 1 rings (SSSR count). The first-order chi connectivity index (χ1) is 10.1. The van der Waals surface area contributed by atoms with Gasteiger partial charge in [-0.05, 0) is 33.4 Å². The Hall–Kier alpha value is -0.400. The second-order valence-electron chi connectivity index (χ2n) is 5.09. The van der Waals surface area contributed by atoms with E-state index in [0.29, 0.717) is 0 Å². The van der Waals surface area contributed by atoms with Crippen LogP contribution in [0.4, 0.5) is 0 Å². The van der Waals surface area contributed by atoms with Crippen LogP contribution in [0.2, 0.25) is 0 Å². The van der Waals surface area contributed by atoms with Crippen molar-refractivity contribution < 1.29 is 0 Å². The van der Waals surface area contributed by atoms with Crippen molar-refractivity contribution in [3.05, 3.63) is 11.6 Å². The number of aliphatic imine (C=N–C) groups is 1. The number of aromatic nitrogens is 1. The lowest BCUT2D eigenvalue weighted by molar-refractivity contribution is 0.709. The van der Waals surface area contributed by atoms with Crippen molar-refractivity contribution in [3.8, 4) is 0 Å². The van der Waals surface area contributed by atoms with Gasteiger partial charge in [0, 0.05) is 35.2 Å². The fraction of sp³-hybridized carbons (Fsp3) is 0.714. The number of rotatable bonds is 9. The summed E-state index contributed by atoms with van der Waals surface area (Å²) < 4.78 is 1.33. The smallest absolute Gasteiger partial charge is 0.191 e. The minimum atomic E-state index is 0.184. The van der Waals surface area contributed by atoms with Crippen LogP contribution >= 0.6 is 34.9 Å². The maximum atomic E-state index is 4.66. The van der Waals surface area contributed by atoms with Crippen molar-refractivity contribution in [2.24, 2.45) is 4.99 Å². The molecule has 1 aromatic heterocycles. The van der Waals surface area contributed by atoms with Crippen molar-refractivity contribution in [3.63, 3.8) is 0 Å². The second kappa shape index (κ2) is 10.3. The quantitative estimate of drug-likeness (QED) is 0.311. The Balaban J connectivity index is 2.25. The van der Waals surface area contributed by atoms with E-state index >= 15 is 0 Å². The van der Waals surface area contributed by atoms with Crippen molar-refractivity contribution >= 4 is 40.8 Å². The first-order valence-electron chi connectivity index (χ1n) is 7.17. The Morgan fingerprint density at radius 2 is 2.24 bits per heavy atom. The lowest BCUT2D eigenvalue weighted by atomic mass is 10.2. The van der Waals surface area contributed by atoms with Crippen LogP contribution in [0.3, 0.4) is 0 Å². The maximum Gasteiger partial charge on any atom is 0.191 e. The van der Waals surface area contributed by atoms with Crippen molar-refractivity contribution in [1.29, 1.82) is 0 Å². The van der Waals surface area contributed by atoms with Crippen LogP contribution in [0.25, 0.3) is 0 Å². The lowest BCUT2D eigenvalue weighted by Gasteiger charge is -2.20. The molecule has 21 heavy (non-hydrogen) atoms. The summed E-state index contributed by atoms with van der Waals surface area (Å²) in [4.78, 5) is 8.93. The molecule has 0 atom stereocenters. The van der Waals surface area contributed by atoms with E-state index in [-0.39, 0.29) is 4.75 Å². The van der Waals surface area contributed by atoms with E-state index < -0.39 is 0 Å². The molecule has 0 radical (unpaired) electrons. The molecule has 0 bridgehead atoms. The molecule has 0 unspecified atom stereocenters. The molecule has 2 N–H and O–H groups in total. The Morgan fingerprint density at radius 1 is 1.43 bits per heavy atom. The van der Waals surface area contributed by atoms with Gasteiger partial charge in [0.15, 0.2) is 5.96 Å². The van der Waals surface area contributed by atoms with E-state index in [2.05, 4.69) is 47.6 Å². The van der Waals surface area contributed by atoms with Crippen LogP contribution in [0, 0.1) is 0 Å². The van der Waals surface area contributed by atoms with Crippen LogP contribution in [-0.4, -0.2) is 47.3 Å². The largest absolute Gasteiger partial charge is 0.357 e. The van der Waals surface area contributed by atoms with E-state index in [0.717, 1.165) is 42.1 Å². The molecule has 0 fully saturated rings. The molecule has 0 saturated heterocycles. The van der Waals surface area contributed by atoms with Gasteiger partial charge in [-0.25, -0.2) is 4.98 Å². The standard InChI is InChI=1S/C14H26N4S3/c1-5-15-12(18-11-14(2,3)19-4)16-7-6-9-20-13-17-8-10-21-13/h8,10H,5-7,9,11H2,1-4H3,(H2,15,16,18). The third-order valence-electron chi connectivity index (χ3n) is 2.76. The summed E-state index contributed by atoms with van der Waals surface area (Å²) in [6, 6.07) is 0. The normalized spacial score (nSPS) is 12.5. The lowest BCUT2D eigenvalue weighted by Crippen LogP contribution is -2.39. The molecule has 120 valence electrons. The van der Waals surface area contributed by atoms with Gasteiger partial charge in [-0.15, -0.1) is 11.3 Å². The van der Waals surface area contributed by atoms with Gasteiger partial charge in [-0.1, -0.05) is 11.8 Å². The monoisotopic (exact) mass is 346 g/mol. The van der Waals surface area contributed by atoms with E-state index in [1.165, 1.54) is 0 Å². The predicted molar refractivity (Wildman–Crippen MR) is 99.0 cm³/mol. The van der Waals surface area contributed by atoms with Crippen LogP contribution in [0.15, 0.2) is 20.9 Å². The van der Waals surface area contributed by atoms with Gasteiger partial charge in [0.25, 0.3) is 0 Å². The third-order valence-corrected chi connectivity index (χ3v) is 6.05. The van der Waals surface area contributed by atoms with Gasteiger partial charge in [0.05, 0.1) is 6.54 Å². The third kappa shape index (κ3) is 8.58. The summed E-state index contributed by atoms with van der Waals surface area (Å²) in [6.45, 7) is 9.17. The number of hydrogen-bond acceptors (Lipinski definition) is 5. The van der Waals surface area contributed by atoms with E-state index in [9.17, 15) is 0 Å². The minimum absolute atomic E-state index is 0.184. The molecule has 0 aliphatic carbocycles. The van der Waals surface area contributed by atoms with E-state index in [1.54, 1.807) is 11.3 Å². The summed E-state index contributed by atoms with van der Waals surface area (Å²) in [5.41, 5.74) is 0. The summed E-state index contributed by atoms with van der Waals surface area (Å²) in [7, 11) is 0. The van der Waals surface area contributed by atoms with Crippen molar-refractivity contribution in [2.75, 3.05) is 31.6 Å². The van der Waals surface area contributed by atoms with Crippen molar-refractivity contribution in [1.82, 2.24) is 15.6 Å². The highest BCUT2D eigenvalue weighted by atomic mass is 32.2.